The molecule has 0 aliphatic carbocycles. The van der Waals surface area contributed by atoms with E-state index in [4.69, 9.17) is 4.74 Å². The predicted molar refractivity (Wildman–Crippen MR) is 118 cm³/mol. The highest BCUT2D eigenvalue weighted by Gasteiger charge is 2.28. The van der Waals surface area contributed by atoms with Crippen LogP contribution in [0.25, 0.3) is 0 Å². The summed E-state index contributed by atoms with van der Waals surface area (Å²) in [5.41, 5.74) is 2.47. The smallest absolute Gasteiger partial charge is 0.253 e. The van der Waals surface area contributed by atoms with Crippen LogP contribution in [-0.4, -0.2) is 34.0 Å². The average Bonchev–Trinajstić information content (AvgIpc) is 3.23. The third-order valence-corrected chi connectivity index (χ3v) is 6.37. The van der Waals surface area contributed by atoms with E-state index in [2.05, 4.69) is 4.98 Å². The zero-order valence-electron chi connectivity index (χ0n) is 17.0. The molecule has 1 aliphatic heterocycles. The number of aliphatic hydroxyl groups is 1. The van der Waals surface area contributed by atoms with Crippen molar-refractivity contribution in [3.63, 3.8) is 0 Å². The minimum atomic E-state index is -0.477. The summed E-state index contributed by atoms with van der Waals surface area (Å²) in [7, 11) is 0. The molecule has 1 saturated heterocycles. The van der Waals surface area contributed by atoms with E-state index >= 15 is 0 Å². The van der Waals surface area contributed by atoms with Gasteiger partial charge in [-0.2, -0.15) is 0 Å². The van der Waals surface area contributed by atoms with Crippen molar-refractivity contribution >= 4 is 17.2 Å². The first-order valence-corrected chi connectivity index (χ1v) is 11.1. The van der Waals surface area contributed by atoms with E-state index in [1.807, 2.05) is 65.7 Å². The molecule has 0 bridgehead atoms. The highest BCUT2D eigenvalue weighted by molar-refractivity contribution is 7.09. The van der Waals surface area contributed by atoms with Crippen molar-refractivity contribution in [1.82, 2.24) is 9.88 Å². The van der Waals surface area contributed by atoms with Crippen LogP contribution in [0.2, 0.25) is 0 Å². The second kappa shape index (κ2) is 9.41. The van der Waals surface area contributed by atoms with Gasteiger partial charge in [-0.05, 0) is 49.4 Å². The molecule has 1 N–H and O–H groups in total. The van der Waals surface area contributed by atoms with Crippen molar-refractivity contribution in [2.24, 2.45) is 5.92 Å². The molecule has 1 aromatic heterocycles. The van der Waals surface area contributed by atoms with Crippen LogP contribution in [0.1, 0.15) is 45.6 Å². The lowest BCUT2D eigenvalue weighted by Gasteiger charge is -2.34. The Morgan fingerprint density at radius 1 is 1.20 bits per heavy atom. The second-order valence-electron chi connectivity index (χ2n) is 7.66. The number of amides is 1. The van der Waals surface area contributed by atoms with Crippen LogP contribution in [0.4, 0.5) is 0 Å². The molecule has 1 amide bonds. The quantitative estimate of drug-likeness (QED) is 0.630. The van der Waals surface area contributed by atoms with Crippen LogP contribution in [0.15, 0.2) is 60.0 Å². The van der Waals surface area contributed by atoms with Gasteiger partial charge < -0.3 is 14.7 Å². The van der Waals surface area contributed by atoms with Gasteiger partial charge in [0.2, 0.25) is 0 Å². The Labute approximate surface area is 181 Å². The first kappa shape index (κ1) is 20.6. The first-order valence-electron chi connectivity index (χ1n) is 10.3. The van der Waals surface area contributed by atoms with Gasteiger partial charge in [-0.25, -0.2) is 4.98 Å². The highest BCUT2D eigenvalue weighted by Crippen LogP contribution is 2.31. The summed E-state index contributed by atoms with van der Waals surface area (Å²) in [4.78, 5) is 19.2. The Kier molecular flexibility index (Phi) is 6.45. The van der Waals surface area contributed by atoms with Crippen molar-refractivity contribution in [2.45, 2.75) is 32.5 Å². The van der Waals surface area contributed by atoms with E-state index in [0.717, 1.165) is 29.1 Å². The molecule has 6 heteroatoms. The Hall–Kier alpha value is -2.70. The number of hydrogen-bond acceptors (Lipinski definition) is 5. The van der Waals surface area contributed by atoms with E-state index in [-0.39, 0.29) is 11.8 Å². The zero-order valence-corrected chi connectivity index (χ0v) is 17.8. The molecule has 1 fully saturated rings. The molecule has 1 atom stereocenters. The lowest BCUT2D eigenvalue weighted by atomic mass is 9.87. The van der Waals surface area contributed by atoms with Gasteiger partial charge in [0.1, 0.15) is 12.4 Å². The van der Waals surface area contributed by atoms with Crippen LogP contribution in [0.5, 0.6) is 5.75 Å². The van der Waals surface area contributed by atoms with Crippen molar-refractivity contribution in [2.75, 3.05) is 13.1 Å². The van der Waals surface area contributed by atoms with Gasteiger partial charge in [0, 0.05) is 24.0 Å². The Morgan fingerprint density at radius 2 is 1.97 bits per heavy atom. The number of carbonyl (C=O) groups excluding carboxylic acids is 1. The van der Waals surface area contributed by atoms with Crippen molar-refractivity contribution in [1.29, 1.82) is 0 Å². The van der Waals surface area contributed by atoms with Crippen LogP contribution < -0.4 is 4.74 Å². The lowest BCUT2D eigenvalue weighted by molar-refractivity contribution is 0.0462. The van der Waals surface area contributed by atoms with E-state index in [1.54, 1.807) is 17.4 Å². The number of thiazole rings is 1. The van der Waals surface area contributed by atoms with Gasteiger partial charge in [-0.1, -0.05) is 36.4 Å². The number of carbonyl (C=O) groups is 1. The molecular weight excluding hydrogens is 396 g/mol. The number of ether oxygens (including phenoxy) is 1. The van der Waals surface area contributed by atoms with E-state index in [1.165, 1.54) is 0 Å². The maximum absolute atomic E-state index is 13.0. The predicted octanol–water partition coefficient (Wildman–Crippen LogP) is 4.62. The number of nitrogens with zero attached hydrogens (tertiary/aromatic N) is 2. The topological polar surface area (TPSA) is 62.7 Å². The van der Waals surface area contributed by atoms with Gasteiger partial charge >= 0.3 is 0 Å². The number of aliphatic hydroxyl groups excluding tert-OH is 1. The van der Waals surface area contributed by atoms with E-state index in [9.17, 15) is 9.90 Å². The largest absolute Gasteiger partial charge is 0.487 e. The fourth-order valence-corrected chi connectivity index (χ4v) is 4.47. The number of hydrogen-bond donors (Lipinski definition) is 1. The van der Waals surface area contributed by atoms with Crippen LogP contribution in [-0.2, 0) is 6.61 Å². The summed E-state index contributed by atoms with van der Waals surface area (Å²) in [5, 5.41) is 13.7. The summed E-state index contributed by atoms with van der Waals surface area (Å²) in [6.45, 7) is 3.66. The monoisotopic (exact) mass is 422 g/mol. The van der Waals surface area contributed by atoms with Gasteiger partial charge in [0.15, 0.2) is 0 Å². The van der Waals surface area contributed by atoms with Crippen LogP contribution in [0.3, 0.4) is 0 Å². The number of rotatable bonds is 6. The molecular formula is C24H26N2O3S. The molecule has 4 rings (SSSR count). The summed E-state index contributed by atoms with van der Waals surface area (Å²) in [6, 6.07) is 17.1. The summed E-state index contributed by atoms with van der Waals surface area (Å²) in [6.07, 6.45) is 1.11. The lowest BCUT2D eigenvalue weighted by Crippen LogP contribution is -2.39. The maximum Gasteiger partial charge on any atom is 0.253 e. The van der Waals surface area contributed by atoms with E-state index < -0.39 is 6.10 Å². The number of aromatic nitrogens is 1. The minimum Gasteiger partial charge on any atom is -0.487 e. The molecule has 30 heavy (non-hydrogen) atoms. The average molecular weight is 423 g/mol. The summed E-state index contributed by atoms with van der Waals surface area (Å²) >= 11 is 1.60. The van der Waals surface area contributed by atoms with Gasteiger partial charge in [0.05, 0.1) is 16.8 Å². The van der Waals surface area contributed by atoms with Crippen molar-refractivity contribution < 1.29 is 14.6 Å². The highest BCUT2D eigenvalue weighted by atomic mass is 32.1. The third kappa shape index (κ3) is 4.89. The molecule has 0 radical (unpaired) electrons. The SMILES string of the molecule is Cc1nc(COc2cccc(C(=O)N3CCC(C(O)c4ccccc4)CC3)c2)cs1. The summed E-state index contributed by atoms with van der Waals surface area (Å²) in [5.74, 6) is 0.853. The van der Waals surface area contributed by atoms with Gasteiger partial charge in [-0.3, -0.25) is 4.79 Å². The molecule has 1 aliphatic rings. The van der Waals surface area contributed by atoms with Crippen LogP contribution in [0, 0.1) is 12.8 Å². The normalized spacial score (nSPS) is 15.7. The third-order valence-electron chi connectivity index (χ3n) is 5.55. The Bertz CT molecular complexity index is 981. The number of benzene rings is 2. The fourth-order valence-electron chi connectivity index (χ4n) is 3.87. The Balaban J connectivity index is 1.33. The zero-order chi connectivity index (χ0) is 20.9. The van der Waals surface area contributed by atoms with Gasteiger partial charge in [0.25, 0.3) is 5.91 Å². The number of piperidine rings is 1. The minimum absolute atomic E-state index is 0.0117. The molecule has 0 saturated carbocycles. The van der Waals surface area contributed by atoms with Gasteiger partial charge in [-0.15, -0.1) is 11.3 Å². The maximum atomic E-state index is 13.0. The van der Waals surface area contributed by atoms with Crippen molar-refractivity contribution in [3.05, 3.63) is 81.8 Å². The molecule has 3 aromatic rings. The molecule has 2 heterocycles. The fraction of sp³-hybridized carbons (Fsp3) is 0.333. The molecule has 156 valence electrons. The van der Waals surface area contributed by atoms with E-state index in [0.29, 0.717) is 31.0 Å². The number of aryl methyl sites for hydroxylation is 1. The number of likely N-dealkylation sites (tertiary alicyclic amines) is 1. The summed E-state index contributed by atoms with van der Waals surface area (Å²) < 4.78 is 5.82. The first-order chi connectivity index (χ1) is 14.6. The molecule has 0 spiro atoms. The second-order valence-corrected chi connectivity index (χ2v) is 8.72. The van der Waals surface area contributed by atoms with Crippen molar-refractivity contribution in [3.8, 4) is 5.75 Å². The Morgan fingerprint density at radius 3 is 2.67 bits per heavy atom. The molecule has 1 unspecified atom stereocenters. The standard InChI is InChI=1S/C24H26N2O3S/c1-17-25-21(16-30-17)15-29-22-9-5-8-20(14-22)24(28)26-12-10-19(11-13-26)23(27)18-6-3-2-4-7-18/h2-9,14,16,19,23,27H,10-13,15H2,1H3. The molecule has 5 nitrogen and oxygen atoms in total. The molecule has 2 aromatic carbocycles. The van der Waals surface area contributed by atoms with Crippen LogP contribution >= 0.6 is 11.3 Å².